The molecule has 0 aromatic heterocycles. The molecule has 0 unspecified atom stereocenters. The van der Waals surface area contributed by atoms with Gasteiger partial charge in [0.1, 0.15) is 0 Å². The Morgan fingerprint density at radius 3 is 2.29 bits per heavy atom. The first kappa shape index (κ1) is 18.4. The van der Waals surface area contributed by atoms with Crippen molar-refractivity contribution < 1.29 is 12.8 Å². The Kier molecular flexibility index (Phi) is 7.06. The number of nitrogens with one attached hydrogen (secondary N) is 1. The van der Waals surface area contributed by atoms with E-state index in [9.17, 15) is 12.8 Å². The second-order valence-electron chi connectivity index (χ2n) is 5.12. The molecule has 1 atom stereocenters. The fourth-order valence-corrected chi connectivity index (χ4v) is 3.22. The number of benzene rings is 1. The van der Waals surface area contributed by atoms with E-state index in [0.29, 0.717) is 11.3 Å². The molecule has 0 aliphatic carbocycles. The third kappa shape index (κ3) is 4.92. The summed E-state index contributed by atoms with van der Waals surface area (Å²) in [5, 5.41) is 3.28. The van der Waals surface area contributed by atoms with Crippen LogP contribution >= 0.6 is 12.4 Å². The van der Waals surface area contributed by atoms with Crippen molar-refractivity contribution in [3.8, 4) is 0 Å². The lowest BCUT2D eigenvalue weighted by atomic mass is 10.0. The number of hydrogen-bond acceptors (Lipinski definition) is 4. The predicted molar refractivity (Wildman–Crippen MR) is 84.6 cm³/mol. The van der Waals surface area contributed by atoms with E-state index in [0.717, 1.165) is 31.7 Å². The van der Waals surface area contributed by atoms with Gasteiger partial charge in [-0.1, -0.05) is 12.1 Å². The number of rotatable bonds is 5. The molecule has 1 aromatic rings. The molecule has 0 spiro atoms. The third-order valence-electron chi connectivity index (χ3n) is 3.67. The Morgan fingerprint density at radius 2 is 1.81 bits per heavy atom. The molecule has 1 heterocycles. The van der Waals surface area contributed by atoms with Gasteiger partial charge in [0.05, 0.1) is 11.6 Å². The van der Waals surface area contributed by atoms with Crippen LogP contribution in [0.2, 0.25) is 0 Å². The van der Waals surface area contributed by atoms with Crippen molar-refractivity contribution in [3.05, 3.63) is 29.8 Å². The normalized spacial score (nSPS) is 18.0. The molecule has 7 heteroatoms. The minimum atomic E-state index is -3.18. The van der Waals surface area contributed by atoms with Crippen LogP contribution in [0.3, 0.4) is 0 Å². The van der Waals surface area contributed by atoms with E-state index in [4.69, 9.17) is 0 Å². The van der Waals surface area contributed by atoms with Crippen molar-refractivity contribution in [2.45, 2.75) is 17.4 Å². The molecule has 21 heavy (non-hydrogen) atoms. The van der Waals surface area contributed by atoms with Crippen LogP contribution in [-0.4, -0.2) is 52.4 Å². The minimum Gasteiger partial charge on any atom is -0.314 e. The van der Waals surface area contributed by atoms with Gasteiger partial charge in [0.2, 0.25) is 0 Å². The molecular weight excluding hydrogens is 315 g/mol. The number of nitrogens with zero attached hydrogens (tertiary/aromatic N) is 1. The maximum Gasteiger partial charge on any atom is 0.175 e. The lowest BCUT2D eigenvalue weighted by Gasteiger charge is -2.35. The highest BCUT2D eigenvalue weighted by Gasteiger charge is 2.22. The van der Waals surface area contributed by atoms with Gasteiger partial charge < -0.3 is 5.32 Å². The number of hydrogen-bond donors (Lipinski definition) is 1. The van der Waals surface area contributed by atoms with Crippen molar-refractivity contribution in [3.63, 3.8) is 0 Å². The van der Waals surface area contributed by atoms with Gasteiger partial charge in [-0.2, -0.15) is 0 Å². The van der Waals surface area contributed by atoms with Crippen molar-refractivity contribution in [2.24, 2.45) is 0 Å². The van der Waals surface area contributed by atoms with Crippen LogP contribution in [0.25, 0.3) is 0 Å². The van der Waals surface area contributed by atoms with Crippen LogP contribution in [-0.2, 0) is 9.84 Å². The second-order valence-corrected chi connectivity index (χ2v) is 7.14. The predicted octanol–water partition coefficient (Wildman–Crippen LogP) is 1.82. The summed E-state index contributed by atoms with van der Waals surface area (Å²) >= 11 is 0. The molecule has 1 aromatic carbocycles. The molecule has 2 rings (SSSR count). The summed E-state index contributed by atoms with van der Waals surface area (Å²) in [7, 11) is -3.18. The second kappa shape index (κ2) is 8.08. The van der Waals surface area contributed by atoms with Crippen molar-refractivity contribution >= 4 is 22.2 Å². The zero-order valence-electron chi connectivity index (χ0n) is 12.1. The molecule has 0 amide bonds. The zero-order chi connectivity index (χ0) is 14.6. The van der Waals surface area contributed by atoms with Gasteiger partial charge in [0.15, 0.2) is 9.84 Å². The molecule has 1 aliphatic heterocycles. The third-order valence-corrected chi connectivity index (χ3v) is 4.80. The van der Waals surface area contributed by atoms with Crippen molar-refractivity contribution in [1.29, 1.82) is 0 Å². The SMILES string of the molecule is CS(=O)(=O)c1ccc([C@@H](CCF)N2CCNCC2)cc1.Cl. The number of piperazine rings is 1. The first-order valence-corrected chi connectivity index (χ1v) is 8.72. The largest absolute Gasteiger partial charge is 0.314 e. The lowest BCUT2D eigenvalue weighted by molar-refractivity contribution is 0.157. The monoisotopic (exact) mass is 336 g/mol. The van der Waals surface area contributed by atoms with E-state index < -0.39 is 9.84 Å². The van der Waals surface area contributed by atoms with Crippen molar-refractivity contribution in [2.75, 3.05) is 39.1 Å². The van der Waals surface area contributed by atoms with Gasteiger partial charge in [-0.25, -0.2) is 8.42 Å². The Hall–Kier alpha value is -0.690. The molecule has 0 bridgehead atoms. The molecular formula is C14H22ClFN2O2S. The van der Waals surface area contributed by atoms with Crippen LogP contribution in [0, 0.1) is 0 Å². The van der Waals surface area contributed by atoms with Gasteiger partial charge in [0.25, 0.3) is 0 Å². The standard InChI is InChI=1S/C14H21FN2O2S.ClH/c1-20(18,19)13-4-2-12(3-5-13)14(6-7-15)17-10-8-16-9-11-17;/h2-5,14,16H,6-11H2,1H3;1H/t14-;/m1./s1. The fourth-order valence-electron chi connectivity index (χ4n) is 2.59. The summed E-state index contributed by atoms with van der Waals surface area (Å²) in [5.74, 6) is 0. The summed E-state index contributed by atoms with van der Waals surface area (Å²) in [5.41, 5.74) is 0.983. The van der Waals surface area contributed by atoms with Crippen molar-refractivity contribution in [1.82, 2.24) is 10.2 Å². The molecule has 1 aliphatic rings. The number of sulfone groups is 1. The zero-order valence-corrected chi connectivity index (χ0v) is 13.7. The molecule has 1 N–H and O–H groups in total. The van der Waals surface area contributed by atoms with Crippen LogP contribution in [0.15, 0.2) is 29.2 Å². The van der Waals surface area contributed by atoms with Gasteiger partial charge in [-0.05, 0) is 24.1 Å². The molecule has 0 radical (unpaired) electrons. The molecule has 1 fully saturated rings. The van der Waals surface area contributed by atoms with Gasteiger partial charge in [-0.3, -0.25) is 9.29 Å². The van der Waals surface area contributed by atoms with Gasteiger partial charge in [-0.15, -0.1) is 12.4 Å². The Labute approximate surface area is 132 Å². The van der Waals surface area contributed by atoms with E-state index in [2.05, 4.69) is 10.2 Å². The van der Waals surface area contributed by atoms with Crippen LogP contribution in [0.5, 0.6) is 0 Å². The van der Waals surface area contributed by atoms with Crippen LogP contribution in [0.4, 0.5) is 4.39 Å². The molecule has 120 valence electrons. The quantitative estimate of drug-likeness (QED) is 0.891. The van der Waals surface area contributed by atoms with E-state index in [1.165, 1.54) is 6.26 Å². The van der Waals surface area contributed by atoms with E-state index in [1.807, 2.05) is 0 Å². The highest BCUT2D eigenvalue weighted by atomic mass is 35.5. The van der Waals surface area contributed by atoms with E-state index >= 15 is 0 Å². The average molecular weight is 337 g/mol. The number of alkyl halides is 1. The smallest absolute Gasteiger partial charge is 0.175 e. The van der Waals surface area contributed by atoms with E-state index in [-0.39, 0.29) is 25.1 Å². The highest BCUT2D eigenvalue weighted by Crippen LogP contribution is 2.26. The maximum atomic E-state index is 12.8. The van der Waals surface area contributed by atoms with E-state index in [1.54, 1.807) is 24.3 Å². The maximum absolute atomic E-state index is 12.8. The number of halogens is 2. The van der Waals surface area contributed by atoms with Crippen LogP contribution < -0.4 is 5.32 Å². The van der Waals surface area contributed by atoms with Gasteiger partial charge in [0, 0.05) is 38.5 Å². The molecule has 0 saturated carbocycles. The Bertz CT molecular complexity index is 530. The average Bonchev–Trinajstić information content (AvgIpc) is 2.45. The highest BCUT2D eigenvalue weighted by molar-refractivity contribution is 7.90. The molecule has 1 saturated heterocycles. The first-order valence-electron chi connectivity index (χ1n) is 6.83. The minimum absolute atomic E-state index is 0. The summed E-state index contributed by atoms with van der Waals surface area (Å²) in [6, 6.07) is 6.85. The Morgan fingerprint density at radius 1 is 1.24 bits per heavy atom. The van der Waals surface area contributed by atoms with Crippen LogP contribution in [0.1, 0.15) is 18.0 Å². The van der Waals surface area contributed by atoms with Gasteiger partial charge >= 0.3 is 0 Å². The topological polar surface area (TPSA) is 49.4 Å². The summed E-state index contributed by atoms with van der Waals surface area (Å²) in [4.78, 5) is 2.56. The summed E-state index contributed by atoms with van der Waals surface area (Å²) in [6.07, 6.45) is 1.63. The lowest BCUT2D eigenvalue weighted by Crippen LogP contribution is -2.45. The Balaban J connectivity index is 0.00000220. The summed E-state index contributed by atoms with van der Waals surface area (Å²) < 4.78 is 35.7. The fraction of sp³-hybridized carbons (Fsp3) is 0.571. The first-order chi connectivity index (χ1) is 9.52. The molecule has 4 nitrogen and oxygen atoms in total. The summed E-state index contributed by atoms with van der Waals surface area (Å²) in [6.45, 7) is 3.22.